The predicted molar refractivity (Wildman–Crippen MR) is 85.3 cm³/mol. The zero-order valence-corrected chi connectivity index (χ0v) is 14.2. The molecule has 1 amide bonds. The van der Waals surface area contributed by atoms with E-state index in [2.05, 4.69) is 15.4 Å². The first-order chi connectivity index (χ1) is 9.51. The second-order valence-electron chi connectivity index (χ2n) is 4.78. The van der Waals surface area contributed by atoms with Gasteiger partial charge in [-0.1, -0.05) is 0 Å². The minimum Gasteiger partial charge on any atom is -0.350 e. The van der Waals surface area contributed by atoms with E-state index in [9.17, 15) is 13.2 Å². The van der Waals surface area contributed by atoms with Crippen molar-refractivity contribution in [2.75, 3.05) is 20.1 Å². The lowest BCUT2D eigenvalue weighted by Crippen LogP contribution is -2.34. The van der Waals surface area contributed by atoms with E-state index in [1.54, 1.807) is 12.1 Å². The summed E-state index contributed by atoms with van der Waals surface area (Å²) in [5, 5.41) is 5.88. The highest BCUT2D eigenvalue weighted by molar-refractivity contribution is 7.91. The molecule has 0 aliphatic heterocycles. The molecule has 2 rings (SSSR count). The Hall–Kier alpha value is -0.670. The van der Waals surface area contributed by atoms with E-state index < -0.39 is 10.0 Å². The van der Waals surface area contributed by atoms with Crippen molar-refractivity contribution >= 4 is 39.7 Å². The molecule has 1 aliphatic carbocycles. The lowest BCUT2D eigenvalue weighted by Gasteiger charge is -2.04. The number of thiophene rings is 1. The third kappa shape index (κ3) is 5.91. The Morgan fingerprint density at radius 3 is 2.71 bits per heavy atom. The zero-order chi connectivity index (χ0) is 14.6. The molecular formula is C12H20ClN3O3S2. The maximum Gasteiger partial charge on any atom is 0.249 e. The summed E-state index contributed by atoms with van der Waals surface area (Å²) in [6.45, 7) is 1.56. The minimum atomic E-state index is -3.39. The quantitative estimate of drug-likeness (QED) is 0.642. The van der Waals surface area contributed by atoms with Crippen LogP contribution in [0.5, 0.6) is 0 Å². The summed E-state index contributed by atoms with van der Waals surface area (Å²) in [6.07, 6.45) is 2.51. The third-order valence-electron chi connectivity index (χ3n) is 3.05. The van der Waals surface area contributed by atoms with Crippen LogP contribution in [-0.4, -0.2) is 34.5 Å². The fraction of sp³-hybridized carbons (Fsp3) is 0.583. The monoisotopic (exact) mass is 353 g/mol. The van der Waals surface area contributed by atoms with E-state index in [0.717, 1.165) is 28.7 Å². The van der Waals surface area contributed by atoms with Gasteiger partial charge >= 0.3 is 0 Å². The smallest absolute Gasteiger partial charge is 0.249 e. The number of nitrogens with one attached hydrogen (secondary N) is 3. The van der Waals surface area contributed by atoms with Gasteiger partial charge in [0.1, 0.15) is 4.21 Å². The summed E-state index contributed by atoms with van der Waals surface area (Å²) in [6, 6.07) is 3.26. The number of hydrogen-bond acceptors (Lipinski definition) is 5. The fourth-order valence-electron chi connectivity index (χ4n) is 1.66. The van der Waals surface area contributed by atoms with Crippen LogP contribution in [0.15, 0.2) is 16.3 Å². The van der Waals surface area contributed by atoms with Gasteiger partial charge < -0.3 is 10.6 Å². The van der Waals surface area contributed by atoms with Crippen LogP contribution >= 0.6 is 23.7 Å². The molecule has 1 aromatic rings. The minimum absolute atomic E-state index is 0. The summed E-state index contributed by atoms with van der Waals surface area (Å²) < 4.78 is 25.7. The zero-order valence-electron chi connectivity index (χ0n) is 11.7. The van der Waals surface area contributed by atoms with Gasteiger partial charge in [0.05, 0.1) is 13.1 Å². The summed E-state index contributed by atoms with van der Waals surface area (Å²) in [5.74, 6) is 0.673. The normalized spacial score (nSPS) is 14.5. The number of halogens is 1. The van der Waals surface area contributed by atoms with Crippen LogP contribution in [0.3, 0.4) is 0 Å². The lowest BCUT2D eigenvalue weighted by atomic mass is 10.4. The maximum atomic E-state index is 11.6. The van der Waals surface area contributed by atoms with Crippen molar-refractivity contribution in [1.82, 2.24) is 15.4 Å². The van der Waals surface area contributed by atoms with E-state index >= 15 is 0 Å². The highest BCUT2D eigenvalue weighted by atomic mass is 35.5. The Balaban J connectivity index is 0.00000220. The van der Waals surface area contributed by atoms with E-state index in [1.807, 2.05) is 0 Å². The summed E-state index contributed by atoms with van der Waals surface area (Å²) in [7, 11) is -2.01. The van der Waals surface area contributed by atoms with Gasteiger partial charge in [-0.25, -0.2) is 13.1 Å². The van der Waals surface area contributed by atoms with Crippen molar-refractivity contribution in [2.24, 2.45) is 5.92 Å². The molecule has 1 aromatic heterocycles. The Kier molecular flexibility index (Phi) is 7.08. The summed E-state index contributed by atoms with van der Waals surface area (Å²) >= 11 is 1.16. The van der Waals surface area contributed by atoms with Gasteiger partial charge in [0, 0.05) is 4.88 Å². The van der Waals surface area contributed by atoms with E-state index in [1.165, 1.54) is 19.9 Å². The van der Waals surface area contributed by atoms with Crippen molar-refractivity contribution in [2.45, 2.75) is 23.6 Å². The fourth-order valence-corrected chi connectivity index (χ4v) is 3.79. The highest BCUT2D eigenvalue weighted by Gasteiger charge is 2.20. The van der Waals surface area contributed by atoms with E-state index in [-0.39, 0.29) is 22.5 Å². The van der Waals surface area contributed by atoms with Crippen LogP contribution in [0.4, 0.5) is 0 Å². The van der Waals surface area contributed by atoms with Crippen molar-refractivity contribution < 1.29 is 13.2 Å². The molecule has 0 radical (unpaired) electrons. The van der Waals surface area contributed by atoms with Crippen LogP contribution in [0.25, 0.3) is 0 Å². The molecule has 1 heterocycles. The van der Waals surface area contributed by atoms with Crippen LogP contribution in [-0.2, 0) is 21.4 Å². The van der Waals surface area contributed by atoms with Crippen LogP contribution < -0.4 is 15.4 Å². The molecule has 0 unspecified atom stereocenters. The predicted octanol–water partition coefficient (Wildman–Crippen LogP) is 0.694. The van der Waals surface area contributed by atoms with Gasteiger partial charge in [0.2, 0.25) is 15.9 Å². The number of rotatable bonds is 8. The van der Waals surface area contributed by atoms with Gasteiger partial charge in [-0.05, 0) is 44.5 Å². The van der Waals surface area contributed by atoms with E-state index in [0.29, 0.717) is 13.1 Å². The number of carbonyl (C=O) groups excluding carboxylic acids is 1. The number of hydrogen-bond donors (Lipinski definition) is 3. The summed E-state index contributed by atoms with van der Waals surface area (Å²) in [4.78, 5) is 12.4. The molecule has 3 N–H and O–H groups in total. The molecule has 6 nitrogen and oxygen atoms in total. The van der Waals surface area contributed by atoms with Crippen LogP contribution in [0, 0.1) is 5.92 Å². The summed E-state index contributed by atoms with van der Waals surface area (Å²) in [5.41, 5.74) is 0. The Morgan fingerprint density at radius 1 is 1.38 bits per heavy atom. The maximum absolute atomic E-state index is 11.6. The van der Waals surface area contributed by atoms with Crippen molar-refractivity contribution in [3.8, 4) is 0 Å². The molecular weight excluding hydrogens is 334 g/mol. The average molecular weight is 354 g/mol. The second kappa shape index (κ2) is 8.09. The van der Waals surface area contributed by atoms with Gasteiger partial charge in [-0.3, -0.25) is 4.79 Å². The molecule has 1 fully saturated rings. The van der Waals surface area contributed by atoms with Crippen LogP contribution in [0.2, 0.25) is 0 Å². The van der Waals surface area contributed by atoms with Gasteiger partial charge in [-0.2, -0.15) is 0 Å². The standard InChI is InChI=1S/C12H19N3O3S2.ClH/c1-13-20(17,18)12-5-4-10(19-12)7-15-11(16)8-14-6-9-2-3-9;/h4-5,9,13-14H,2-3,6-8H2,1H3,(H,15,16);1H. The van der Waals surface area contributed by atoms with E-state index in [4.69, 9.17) is 0 Å². The molecule has 0 saturated heterocycles. The molecule has 120 valence electrons. The molecule has 21 heavy (non-hydrogen) atoms. The molecule has 9 heteroatoms. The number of amides is 1. The largest absolute Gasteiger partial charge is 0.350 e. The van der Waals surface area contributed by atoms with Crippen molar-refractivity contribution in [3.05, 3.63) is 17.0 Å². The highest BCUT2D eigenvalue weighted by Crippen LogP contribution is 2.27. The molecule has 1 aliphatic rings. The Morgan fingerprint density at radius 2 is 2.10 bits per heavy atom. The van der Waals surface area contributed by atoms with Crippen molar-refractivity contribution in [1.29, 1.82) is 0 Å². The average Bonchev–Trinajstić information content (AvgIpc) is 3.11. The molecule has 0 spiro atoms. The lowest BCUT2D eigenvalue weighted by molar-refractivity contribution is -0.120. The first kappa shape index (κ1) is 18.4. The third-order valence-corrected chi connectivity index (χ3v) is 6.04. The first-order valence-electron chi connectivity index (χ1n) is 6.51. The first-order valence-corrected chi connectivity index (χ1v) is 8.81. The second-order valence-corrected chi connectivity index (χ2v) is 8.06. The molecule has 1 saturated carbocycles. The van der Waals surface area contributed by atoms with Crippen LogP contribution in [0.1, 0.15) is 17.7 Å². The Bertz CT molecular complexity index is 570. The van der Waals surface area contributed by atoms with Gasteiger partial charge in [-0.15, -0.1) is 23.7 Å². The molecule has 0 atom stereocenters. The Labute approximate surface area is 135 Å². The molecule has 0 aromatic carbocycles. The van der Waals surface area contributed by atoms with Gasteiger partial charge in [0.25, 0.3) is 0 Å². The molecule has 0 bridgehead atoms. The number of carbonyl (C=O) groups is 1. The van der Waals surface area contributed by atoms with Gasteiger partial charge in [0.15, 0.2) is 0 Å². The number of sulfonamides is 1. The SMILES string of the molecule is CNS(=O)(=O)c1ccc(CNC(=O)CNCC2CC2)s1.Cl. The van der Waals surface area contributed by atoms with Crippen molar-refractivity contribution in [3.63, 3.8) is 0 Å². The topological polar surface area (TPSA) is 87.3 Å².